The number of rotatable bonds is 3. The summed E-state index contributed by atoms with van der Waals surface area (Å²) in [5.74, 6) is 0.519. The molecular formula is C12H15N3. The Hall–Kier alpha value is -1.64. The summed E-state index contributed by atoms with van der Waals surface area (Å²) in [6.07, 6.45) is 3.28. The van der Waals surface area contributed by atoms with Crippen molar-refractivity contribution in [1.29, 1.82) is 0 Å². The van der Waals surface area contributed by atoms with Crippen molar-refractivity contribution in [3.8, 4) is 0 Å². The van der Waals surface area contributed by atoms with Crippen LogP contribution in [0.15, 0.2) is 24.3 Å². The lowest BCUT2D eigenvalue weighted by Crippen LogP contribution is -2.00. The van der Waals surface area contributed by atoms with Crippen molar-refractivity contribution in [2.45, 2.75) is 26.2 Å². The van der Waals surface area contributed by atoms with Crippen molar-refractivity contribution in [1.82, 2.24) is 10.2 Å². The molecule has 0 spiro atoms. The number of anilines is 1. The van der Waals surface area contributed by atoms with E-state index in [1.807, 2.05) is 18.2 Å². The number of nitrogen functional groups attached to an aromatic ring is 1. The third kappa shape index (κ3) is 1.91. The maximum atomic E-state index is 5.78. The summed E-state index contributed by atoms with van der Waals surface area (Å²) in [5.41, 5.74) is 6.84. The molecule has 2 rings (SSSR count). The highest BCUT2D eigenvalue weighted by atomic mass is 15.1. The largest absolute Gasteiger partial charge is 0.382 e. The molecule has 1 aromatic heterocycles. The number of nitrogens with two attached hydrogens (primary N) is 1. The quantitative estimate of drug-likeness (QED) is 0.830. The van der Waals surface area contributed by atoms with Crippen LogP contribution < -0.4 is 5.73 Å². The van der Waals surface area contributed by atoms with E-state index in [0.29, 0.717) is 5.82 Å². The maximum Gasteiger partial charge on any atom is 0.153 e. The van der Waals surface area contributed by atoms with Gasteiger partial charge in [-0.05, 0) is 12.8 Å². The van der Waals surface area contributed by atoms with Gasteiger partial charge in [-0.25, -0.2) is 0 Å². The number of unbranched alkanes of at least 4 members (excludes halogenated alkanes) is 1. The average Bonchev–Trinajstić information content (AvgIpc) is 2.29. The molecule has 0 fully saturated rings. The van der Waals surface area contributed by atoms with Gasteiger partial charge in [0.1, 0.15) is 0 Å². The Balaban J connectivity index is 2.51. The molecule has 0 bridgehead atoms. The smallest absolute Gasteiger partial charge is 0.153 e. The summed E-state index contributed by atoms with van der Waals surface area (Å²) in [6, 6.07) is 8.04. The molecular weight excluding hydrogens is 186 g/mol. The minimum absolute atomic E-state index is 0.519. The highest BCUT2D eigenvalue weighted by Gasteiger charge is 2.05. The fraction of sp³-hybridized carbons (Fsp3) is 0.333. The van der Waals surface area contributed by atoms with Gasteiger partial charge in [0.25, 0.3) is 0 Å². The SMILES string of the molecule is CCCCc1nnc(N)c2ccccc12. The van der Waals surface area contributed by atoms with E-state index in [1.165, 1.54) is 6.42 Å². The molecule has 3 heteroatoms. The summed E-state index contributed by atoms with van der Waals surface area (Å²) >= 11 is 0. The molecule has 0 aliphatic carbocycles. The number of hydrogen-bond donors (Lipinski definition) is 1. The monoisotopic (exact) mass is 201 g/mol. The average molecular weight is 201 g/mol. The number of fused-ring (bicyclic) bond motifs is 1. The second-order valence-corrected chi connectivity index (χ2v) is 3.68. The van der Waals surface area contributed by atoms with E-state index in [-0.39, 0.29) is 0 Å². The molecule has 2 aromatic rings. The number of nitrogens with zero attached hydrogens (tertiary/aromatic N) is 2. The van der Waals surface area contributed by atoms with E-state index in [4.69, 9.17) is 5.73 Å². The van der Waals surface area contributed by atoms with Crippen molar-refractivity contribution in [2.24, 2.45) is 0 Å². The molecule has 0 radical (unpaired) electrons. The third-order valence-corrected chi connectivity index (χ3v) is 2.56. The molecule has 1 heterocycles. The molecule has 0 aliphatic rings. The predicted molar refractivity (Wildman–Crippen MR) is 62.6 cm³/mol. The van der Waals surface area contributed by atoms with Gasteiger partial charge in [0, 0.05) is 10.8 Å². The normalized spacial score (nSPS) is 10.7. The molecule has 78 valence electrons. The van der Waals surface area contributed by atoms with E-state index >= 15 is 0 Å². The topological polar surface area (TPSA) is 51.8 Å². The molecule has 2 N–H and O–H groups in total. The van der Waals surface area contributed by atoms with Gasteiger partial charge in [-0.3, -0.25) is 0 Å². The van der Waals surface area contributed by atoms with Crippen molar-refractivity contribution in [3.05, 3.63) is 30.0 Å². The molecule has 1 aromatic carbocycles. The zero-order chi connectivity index (χ0) is 10.7. The van der Waals surface area contributed by atoms with Gasteiger partial charge < -0.3 is 5.73 Å². The highest BCUT2D eigenvalue weighted by Crippen LogP contribution is 2.21. The fourth-order valence-corrected chi connectivity index (χ4v) is 1.71. The Labute approximate surface area is 89.3 Å². The van der Waals surface area contributed by atoms with Gasteiger partial charge >= 0.3 is 0 Å². The summed E-state index contributed by atoms with van der Waals surface area (Å²) in [6.45, 7) is 2.17. The summed E-state index contributed by atoms with van der Waals surface area (Å²) in [7, 11) is 0. The Bertz CT molecular complexity index is 465. The Kier molecular flexibility index (Phi) is 2.81. The first-order chi connectivity index (χ1) is 7.33. The number of aryl methyl sites for hydroxylation is 1. The molecule has 15 heavy (non-hydrogen) atoms. The molecule has 0 saturated heterocycles. The van der Waals surface area contributed by atoms with Gasteiger partial charge in [0.05, 0.1) is 5.69 Å². The van der Waals surface area contributed by atoms with Gasteiger partial charge in [0.2, 0.25) is 0 Å². The Morgan fingerprint density at radius 3 is 2.60 bits per heavy atom. The number of benzene rings is 1. The first kappa shape index (κ1) is 9.90. The van der Waals surface area contributed by atoms with Crippen molar-refractivity contribution in [3.63, 3.8) is 0 Å². The Morgan fingerprint density at radius 2 is 1.87 bits per heavy atom. The summed E-state index contributed by atoms with van der Waals surface area (Å²) in [4.78, 5) is 0. The highest BCUT2D eigenvalue weighted by molar-refractivity contribution is 5.91. The van der Waals surface area contributed by atoms with Crippen LogP contribution in [0.1, 0.15) is 25.5 Å². The zero-order valence-electron chi connectivity index (χ0n) is 8.90. The lowest BCUT2D eigenvalue weighted by Gasteiger charge is -2.05. The van der Waals surface area contributed by atoms with Gasteiger partial charge in [0.15, 0.2) is 5.82 Å². The molecule has 0 aliphatic heterocycles. The van der Waals surface area contributed by atoms with Crippen molar-refractivity contribution >= 4 is 16.6 Å². The van der Waals surface area contributed by atoms with Crippen LogP contribution in [0.2, 0.25) is 0 Å². The van der Waals surface area contributed by atoms with Crippen LogP contribution in [0.5, 0.6) is 0 Å². The fourth-order valence-electron chi connectivity index (χ4n) is 1.71. The van der Waals surface area contributed by atoms with Gasteiger partial charge in [-0.15, -0.1) is 5.10 Å². The van der Waals surface area contributed by atoms with E-state index in [2.05, 4.69) is 23.2 Å². The van der Waals surface area contributed by atoms with Crippen molar-refractivity contribution < 1.29 is 0 Å². The first-order valence-corrected chi connectivity index (χ1v) is 5.32. The number of hydrogen-bond acceptors (Lipinski definition) is 3. The van der Waals surface area contributed by atoms with E-state index in [9.17, 15) is 0 Å². The van der Waals surface area contributed by atoms with E-state index in [0.717, 1.165) is 29.3 Å². The lowest BCUT2D eigenvalue weighted by atomic mass is 10.1. The molecule has 3 nitrogen and oxygen atoms in total. The van der Waals surface area contributed by atoms with E-state index in [1.54, 1.807) is 0 Å². The van der Waals surface area contributed by atoms with Crippen LogP contribution in [0.25, 0.3) is 10.8 Å². The molecule has 0 saturated carbocycles. The van der Waals surface area contributed by atoms with Gasteiger partial charge in [-0.1, -0.05) is 37.6 Å². The summed E-state index contributed by atoms with van der Waals surface area (Å²) in [5, 5.41) is 10.3. The van der Waals surface area contributed by atoms with Crippen LogP contribution in [0.3, 0.4) is 0 Å². The van der Waals surface area contributed by atoms with Crippen LogP contribution in [-0.4, -0.2) is 10.2 Å². The number of aromatic nitrogens is 2. The second kappa shape index (κ2) is 4.26. The van der Waals surface area contributed by atoms with Gasteiger partial charge in [-0.2, -0.15) is 5.10 Å². The van der Waals surface area contributed by atoms with Crippen LogP contribution in [-0.2, 0) is 6.42 Å². The molecule has 0 amide bonds. The van der Waals surface area contributed by atoms with Crippen LogP contribution >= 0.6 is 0 Å². The minimum atomic E-state index is 0.519. The zero-order valence-corrected chi connectivity index (χ0v) is 8.90. The second-order valence-electron chi connectivity index (χ2n) is 3.68. The maximum absolute atomic E-state index is 5.78. The van der Waals surface area contributed by atoms with Crippen LogP contribution in [0.4, 0.5) is 5.82 Å². The van der Waals surface area contributed by atoms with Crippen LogP contribution in [0, 0.1) is 0 Å². The van der Waals surface area contributed by atoms with E-state index < -0.39 is 0 Å². The molecule has 0 unspecified atom stereocenters. The Morgan fingerprint density at radius 1 is 1.13 bits per heavy atom. The first-order valence-electron chi connectivity index (χ1n) is 5.32. The minimum Gasteiger partial charge on any atom is -0.382 e. The summed E-state index contributed by atoms with van der Waals surface area (Å²) < 4.78 is 0. The standard InChI is InChI=1S/C12H15N3/c1-2-3-8-11-9-6-4-5-7-10(9)12(13)15-14-11/h4-7H,2-3,8H2,1H3,(H2,13,15). The third-order valence-electron chi connectivity index (χ3n) is 2.56. The molecule has 0 atom stereocenters. The predicted octanol–water partition coefficient (Wildman–Crippen LogP) is 2.55. The van der Waals surface area contributed by atoms with Crippen molar-refractivity contribution in [2.75, 3.05) is 5.73 Å². The lowest BCUT2D eigenvalue weighted by molar-refractivity contribution is 0.768.